The second kappa shape index (κ2) is 5.88. The van der Waals surface area contributed by atoms with E-state index in [9.17, 15) is 9.59 Å². The maximum absolute atomic E-state index is 12.1. The van der Waals surface area contributed by atoms with Gasteiger partial charge in [-0.1, -0.05) is 0 Å². The Kier molecular flexibility index (Phi) is 4.21. The Balaban J connectivity index is 2.25. The molecule has 0 atom stereocenters. The molecule has 0 spiro atoms. The summed E-state index contributed by atoms with van der Waals surface area (Å²) in [4.78, 5) is 23.4. The third-order valence-electron chi connectivity index (χ3n) is 2.53. The monoisotopic (exact) mass is 436 g/mol. The topological polar surface area (TPSA) is 43.4 Å². The van der Waals surface area contributed by atoms with Gasteiger partial charge in [-0.2, -0.15) is 0 Å². The van der Waals surface area contributed by atoms with Gasteiger partial charge in [0, 0.05) is 0 Å². The first-order valence-corrected chi connectivity index (χ1v) is 7.16. The van der Waals surface area contributed by atoms with E-state index in [0.29, 0.717) is 16.7 Å². The average molecular weight is 436 g/mol. The summed E-state index contributed by atoms with van der Waals surface area (Å²) in [6, 6.07) is 15.6. The van der Waals surface area contributed by atoms with Crippen molar-refractivity contribution in [1.29, 1.82) is 0 Å². The summed E-state index contributed by atoms with van der Waals surface area (Å²) >= 11 is 0.174. The third kappa shape index (κ3) is 2.82. The predicted octanol–water partition coefficient (Wildman–Crippen LogP) is 1.62. The fourth-order valence-corrected chi connectivity index (χ4v) is 2.11. The molecule has 0 radical (unpaired) electrons. The standard InChI is InChI=1S/C14H10O3.Bi.2H/c15-13(10-4-2-1-3-5-10)11-6-8-12(9-7-11)14(16)17;;;/h1-9H,(H,16,17);;;/q;+1;;/p-1. The SMILES string of the molecule is O=C([O][BiH2])c1ccc(C(=O)c2ccccc2)cc1. The summed E-state index contributed by atoms with van der Waals surface area (Å²) in [7, 11) is 0. The van der Waals surface area contributed by atoms with Crippen LogP contribution in [0.4, 0.5) is 0 Å². The Bertz CT molecular complexity index is 561. The molecule has 0 aromatic heterocycles. The van der Waals surface area contributed by atoms with E-state index in [1.165, 1.54) is 0 Å². The zero-order valence-corrected chi connectivity index (χ0v) is 14.0. The zero-order chi connectivity index (χ0) is 13.0. The van der Waals surface area contributed by atoms with Crippen molar-refractivity contribution in [3.05, 3.63) is 71.3 Å². The van der Waals surface area contributed by atoms with Crippen molar-refractivity contribution in [2.45, 2.75) is 0 Å². The van der Waals surface area contributed by atoms with Crippen molar-refractivity contribution < 1.29 is 12.4 Å². The molecular formula is C14H11BiO3. The minimum atomic E-state index is -0.335. The molecule has 18 heavy (non-hydrogen) atoms. The summed E-state index contributed by atoms with van der Waals surface area (Å²) in [5.74, 6) is -0.387. The number of benzene rings is 2. The number of carbonyl (C=O) groups excluding carboxylic acids is 2. The molecular weight excluding hydrogens is 425 g/mol. The van der Waals surface area contributed by atoms with Gasteiger partial charge in [-0.3, -0.25) is 0 Å². The number of rotatable bonds is 3. The number of hydrogen-bond donors (Lipinski definition) is 0. The van der Waals surface area contributed by atoms with Gasteiger partial charge < -0.3 is 0 Å². The van der Waals surface area contributed by atoms with Gasteiger partial charge in [0.1, 0.15) is 0 Å². The fraction of sp³-hybridized carbons (Fsp3) is 0. The van der Waals surface area contributed by atoms with Gasteiger partial charge in [0.05, 0.1) is 0 Å². The van der Waals surface area contributed by atoms with Crippen LogP contribution in [-0.4, -0.2) is 36.9 Å². The van der Waals surface area contributed by atoms with Crippen LogP contribution in [0.2, 0.25) is 0 Å². The Morgan fingerprint density at radius 3 is 1.83 bits per heavy atom. The van der Waals surface area contributed by atoms with E-state index in [0.717, 1.165) is 0 Å². The van der Waals surface area contributed by atoms with E-state index in [1.807, 2.05) is 18.2 Å². The normalized spacial score (nSPS) is 9.83. The molecule has 0 unspecified atom stereocenters. The molecule has 0 bridgehead atoms. The van der Waals surface area contributed by atoms with Gasteiger partial charge in [-0.25, -0.2) is 0 Å². The molecule has 0 heterocycles. The van der Waals surface area contributed by atoms with E-state index in [-0.39, 0.29) is 36.9 Å². The van der Waals surface area contributed by atoms with Crippen LogP contribution < -0.4 is 0 Å². The van der Waals surface area contributed by atoms with Crippen LogP contribution in [0.25, 0.3) is 0 Å². The molecule has 2 aromatic rings. The van der Waals surface area contributed by atoms with Crippen LogP contribution >= 0.6 is 0 Å². The van der Waals surface area contributed by atoms with E-state index in [1.54, 1.807) is 36.4 Å². The summed E-state index contributed by atoms with van der Waals surface area (Å²) in [6.45, 7) is 0. The van der Waals surface area contributed by atoms with Gasteiger partial charge in [-0.15, -0.1) is 0 Å². The average Bonchev–Trinajstić information content (AvgIpc) is 2.47. The fourth-order valence-electron chi connectivity index (χ4n) is 1.58. The first-order valence-electron chi connectivity index (χ1n) is 5.33. The molecule has 0 N–H and O–H groups in total. The van der Waals surface area contributed by atoms with Crippen molar-refractivity contribution >= 4 is 36.9 Å². The molecule has 0 aliphatic carbocycles. The first kappa shape index (κ1) is 12.9. The Morgan fingerprint density at radius 2 is 1.28 bits per heavy atom. The van der Waals surface area contributed by atoms with E-state index < -0.39 is 0 Å². The van der Waals surface area contributed by atoms with Gasteiger partial charge in [-0.05, 0) is 0 Å². The minimum absolute atomic E-state index is 0.0525. The van der Waals surface area contributed by atoms with Crippen LogP contribution in [0.3, 0.4) is 0 Å². The van der Waals surface area contributed by atoms with Crippen molar-refractivity contribution in [2.24, 2.45) is 0 Å². The molecule has 4 heteroatoms. The van der Waals surface area contributed by atoms with Gasteiger partial charge in [0.2, 0.25) is 0 Å². The first-order chi connectivity index (χ1) is 8.72. The van der Waals surface area contributed by atoms with Crippen LogP contribution in [0.15, 0.2) is 54.6 Å². The summed E-state index contributed by atoms with van der Waals surface area (Å²) < 4.78 is 4.76. The second-order valence-electron chi connectivity index (χ2n) is 3.68. The summed E-state index contributed by atoms with van der Waals surface area (Å²) in [5, 5.41) is 0. The van der Waals surface area contributed by atoms with Gasteiger partial charge in [0.15, 0.2) is 0 Å². The Hall–Kier alpha value is -1.54. The van der Waals surface area contributed by atoms with E-state index in [4.69, 9.17) is 2.81 Å². The van der Waals surface area contributed by atoms with Crippen LogP contribution in [0, 0.1) is 0 Å². The molecule has 3 nitrogen and oxygen atoms in total. The molecule has 0 amide bonds. The van der Waals surface area contributed by atoms with Crippen molar-refractivity contribution in [1.82, 2.24) is 0 Å². The van der Waals surface area contributed by atoms with Gasteiger partial charge >= 0.3 is 121 Å². The molecule has 0 aliphatic heterocycles. The molecule has 0 aliphatic rings. The molecule has 0 fully saturated rings. The van der Waals surface area contributed by atoms with Crippen molar-refractivity contribution in [3.8, 4) is 0 Å². The van der Waals surface area contributed by atoms with Crippen molar-refractivity contribution in [2.75, 3.05) is 0 Å². The molecule has 90 valence electrons. The molecule has 0 saturated carbocycles. The summed E-state index contributed by atoms with van der Waals surface area (Å²) in [6.07, 6.45) is 0. The van der Waals surface area contributed by atoms with Gasteiger partial charge in [0.25, 0.3) is 0 Å². The number of carbonyl (C=O) groups is 2. The zero-order valence-electron chi connectivity index (χ0n) is 9.50. The second-order valence-corrected chi connectivity index (χ2v) is 4.59. The molecule has 2 aromatic carbocycles. The molecule has 0 saturated heterocycles. The molecule has 2 rings (SSSR count). The van der Waals surface area contributed by atoms with Crippen LogP contribution in [0.1, 0.15) is 26.3 Å². The number of ketones is 1. The maximum atomic E-state index is 12.1. The summed E-state index contributed by atoms with van der Waals surface area (Å²) in [5.41, 5.74) is 1.67. The van der Waals surface area contributed by atoms with E-state index >= 15 is 0 Å². The third-order valence-corrected chi connectivity index (χ3v) is 3.36. The number of hydrogen-bond acceptors (Lipinski definition) is 3. The Labute approximate surface area is 120 Å². The van der Waals surface area contributed by atoms with Crippen LogP contribution in [-0.2, 0) is 2.81 Å². The predicted molar refractivity (Wildman–Crippen MR) is 70.3 cm³/mol. The Morgan fingerprint density at radius 1 is 0.778 bits per heavy atom. The van der Waals surface area contributed by atoms with Crippen molar-refractivity contribution in [3.63, 3.8) is 0 Å². The van der Waals surface area contributed by atoms with Crippen LogP contribution in [0.5, 0.6) is 0 Å². The van der Waals surface area contributed by atoms with E-state index in [2.05, 4.69) is 0 Å². The quantitative estimate of drug-likeness (QED) is 0.543.